The first kappa shape index (κ1) is 39.1. The van der Waals surface area contributed by atoms with Gasteiger partial charge in [-0.3, -0.25) is 4.79 Å². The molecule has 3 aromatic carbocycles. The van der Waals surface area contributed by atoms with Crippen molar-refractivity contribution < 1.29 is 19.7 Å². The number of unbranched alkanes of at least 4 members (excludes halogenated alkanes) is 1. The van der Waals surface area contributed by atoms with Crippen LogP contribution in [0.1, 0.15) is 88.3 Å². The molecule has 0 saturated carbocycles. The second kappa shape index (κ2) is 18.5. The maximum atomic E-state index is 13.2. The molecule has 1 heterocycles. The smallest absolute Gasteiger partial charge is 0.255 e. The van der Waals surface area contributed by atoms with Crippen molar-refractivity contribution in [3.63, 3.8) is 0 Å². The number of aryl methyl sites for hydroxylation is 1. The molecule has 0 bridgehead atoms. The largest absolute Gasteiger partial charge is 0.506 e. The molecule has 0 spiro atoms. The molecular formula is C43H58N4O4. The highest BCUT2D eigenvalue weighted by molar-refractivity contribution is 6.05. The van der Waals surface area contributed by atoms with E-state index in [0.717, 1.165) is 50.3 Å². The molecule has 8 heteroatoms. The summed E-state index contributed by atoms with van der Waals surface area (Å²) < 4.78 is 8.73. The van der Waals surface area contributed by atoms with Crippen molar-refractivity contribution in [2.75, 3.05) is 29.9 Å². The van der Waals surface area contributed by atoms with Crippen LogP contribution in [0.4, 0.5) is 11.4 Å². The Hall–Kier alpha value is -4.69. The highest BCUT2D eigenvalue weighted by atomic mass is 16.5. The van der Waals surface area contributed by atoms with Gasteiger partial charge in [-0.1, -0.05) is 66.2 Å². The monoisotopic (exact) mass is 694 g/mol. The Morgan fingerprint density at radius 3 is 2.35 bits per heavy atom. The van der Waals surface area contributed by atoms with Crippen LogP contribution in [0.15, 0.2) is 79.7 Å². The Bertz CT molecular complexity index is 1790. The van der Waals surface area contributed by atoms with E-state index < -0.39 is 5.91 Å². The maximum Gasteiger partial charge on any atom is 0.255 e. The van der Waals surface area contributed by atoms with Crippen molar-refractivity contribution in [3.8, 4) is 23.0 Å². The number of aromatic nitrogens is 1. The third-order valence-corrected chi connectivity index (χ3v) is 9.69. The molecule has 4 rings (SSSR count). The minimum Gasteiger partial charge on any atom is -0.506 e. The fraction of sp³-hybridized carbons (Fsp3) is 0.419. The van der Waals surface area contributed by atoms with Crippen LogP contribution >= 0.6 is 0 Å². The summed E-state index contributed by atoms with van der Waals surface area (Å²) >= 11 is 0. The third-order valence-electron chi connectivity index (χ3n) is 9.69. The number of carbonyl (C=O) groups excluding carboxylic acids is 1. The highest BCUT2D eigenvalue weighted by Crippen LogP contribution is 2.40. The quantitative estimate of drug-likeness (QED) is 0.0905. The van der Waals surface area contributed by atoms with Crippen LogP contribution in [0.25, 0.3) is 10.9 Å². The molecule has 4 aromatic rings. The van der Waals surface area contributed by atoms with Crippen molar-refractivity contribution in [1.29, 1.82) is 0 Å². The Balaban J connectivity index is 1.46. The number of phenolic OH excluding ortho intramolecular Hbond substituents is 2. The van der Waals surface area contributed by atoms with Gasteiger partial charge in [0.2, 0.25) is 0 Å². The zero-order chi connectivity index (χ0) is 37.1. The predicted molar refractivity (Wildman–Crippen MR) is 212 cm³/mol. The number of hydrogen-bond acceptors (Lipinski definition) is 6. The van der Waals surface area contributed by atoms with Gasteiger partial charge in [0.05, 0.1) is 0 Å². The number of nitrogens with one attached hydrogen (secondary N) is 1. The number of ether oxygens (including phenoxy) is 1. The van der Waals surface area contributed by atoms with Gasteiger partial charge in [0.25, 0.3) is 5.91 Å². The van der Waals surface area contributed by atoms with E-state index >= 15 is 0 Å². The van der Waals surface area contributed by atoms with Gasteiger partial charge >= 0.3 is 0 Å². The van der Waals surface area contributed by atoms with Crippen LogP contribution in [-0.2, 0) is 6.54 Å². The summed E-state index contributed by atoms with van der Waals surface area (Å²) in [7, 11) is 0. The first-order valence-electron chi connectivity index (χ1n) is 18.5. The van der Waals surface area contributed by atoms with E-state index in [1.165, 1.54) is 54.4 Å². The van der Waals surface area contributed by atoms with Gasteiger partial charge in [0.1, 0.15) is 28.7 Å². The van der Waals surface area contributed by atoms with Crippen LogP contribution in [0.3, 0.4) is 0 Å². The number of benzene rings is 3. The van der Waals surface area contributed by atoms with Gasteiger partial charge in [-0.2, -0.15) is 0 Å². The van der Waals surface area contributed by atoms with Gasteiger partial charge < -0.3 is 34.6 Å². The minimum absolute atomic E-state index is 0.184. The zero-order valence-corrected chi connectivity index (χ0v) is 31.7. The van der Waals surface area contributed by atoms with Crippen molar-refractivity contribution >= 4 is 28.2 Å². The molecule has 0 fully saturated rings. The Kier molecular flexibility index (Phi) is 14.2. The predicted octanol–water partition coefficient (Wildman–Crippen LogP) is 10.8. The van der Waals surface area contributed by atoms with Crippen LogP contribution in [0, 0.1) is 25.7 Å². The second-order valence-electron chi connectivity index (χ2n) is 13.9. The van der Waals surface area contributed by atoms with E-state index in [1.54, 1.807) is 29.3 Å². The average molecular weight is 695 g/mol. The lowest BCUT2D eigenvalue weighted by Crippen LogP contribution is -2.32. The molecule has 0 aliphatic heterocycles. The summed E-state index contributed by atoms with van der Waals surface area (Å²) in [6.07, 6.45) is 10.6. The normalized spacial score (nSPS) is 12.8. The molecule has 2 unspecified atom stereocenters. The topological polar surface area (TPSA) is 90.2 Å². The lowest BCUT2D eigenvalue weighted by Gasteiger charge is -2.27. The molecule has 8 nitrogen and oxygen atoms in total. The number of phenols is 2. The molecule has 0 aliphatic carbocycles. The summed E-state index contributed by atoms with van der Waals surface area (Å²) in [6, 6.07) is 16.0. The van der Waals surface area contributed by atoms with Crippen molar-refractivity contribution in [2.24, 2.45) is 11.8 Å². The molecule has 1 amide bonds. The lowest BCUT2D eigenvalue weighted by atomic mass is 10.0. The summed E-state index contributed by atoms with van der Waals surface area (Å²) in [4.78, 5) is 17.4. The molecule has 1 aromatic heterocycles. The first-order chi connectivity index (χ1) is 24.5. The second-order valence-corrected chi connectivity index (χ2v) is 13.9. The van der Waals surface area contributed by atoms with Crippen molar-refractivity contribution in [3.05, 3.63) is 96.5 Å². The standard InChI is InChI=1S/C43H58N4O4/c1-9-13-14-22-46(12-4)42-40(48)25-35(26-41(42)49)44-43(50)34-16-15-17-36(24-34)51-37-18-19-39-38(27-37)32(7)33(8)47(39)29-31(6)28-45(21-10-2)23-20-30(5)11-3/h12,14-19,22,24-27,30-31,48-49H,4,9-11,13,20-21,23,28-29H2,1-3,5-8H3,(H,44,50)/b22-14-. The summed E-state index contributed by atoms with van der Waals surface area (Å²) in [5.74, 6) is 1.70. The SMILES string of the molecule is C=CN(/C=C\CCC)c1c(O)cc(NC(=O)c2cccc(Oc3ccc4c(c3)c(C)c(C)n4CC(C)CN(CCC)CCC(C)CC)c2)cc1O. The van der Waals surface area contributed by atoms with E-state index in [4.69, 9.17) is 4.74 Å². The van der Waals surface area contributed by atoms with E-state index in [-0.39, 0.29) is 22.9 Å². The van der Waals surface area contributed by atoms with Gasteiger partial charge in [-0.25, -0.2) is 0 Å². The number of rotatable bonds is 19. The number of hydrogen-bond donors (Lipinski definition) is 3. The summed E-state index contributed by atoms with van der Waals surface area (Å²) in [5.41, 5.74) is 4.52. The Morgan fingerprint density at radius 2 is 1.69 bits per heavy atom. The molecule has 274 valence electrons. The first-order valence-corrected chi connectivity index (χ1v) is 18.5. The molecule has 3 N–H and O–H groups in total. The number of anilines is 2. The van der Waals surface area contributed by atoms with Gasteiger partial charge in [-0.05, 0) is 100.0 Å². The molecule has 2 atom stereocenters. The van der Waals surface area contributed by atoms with Crippen LogP contribution < -0.4 is 15.0 Å². The van der Waals surface area contributed by atoms with Crippen LogP contribution in [-0.4, -0.2) is 45.2 Å². The average Bonchev–Trinajstić information content (AvgIpc) is 3.33. The maximum absolute atomic E-state index is 13.2. The molecule has 0 radical (unpaired) electrons. The van der Waals surface area contributed by atoms with Crippen molar-refractivity contribution in [2.45, 2.75) is 87.1 Å². The number of nitrogens with zero attached hydrogens (tertiary/aromatic N) is 3. The van der Waals surface area contributed by atoms with E-state index in [2.05, 4.69) is 82.0 Å². The number of amides is 1. The van der Waals surface area contributed by atoms with E-state index in [9.17, 15) is 15.0 Å². The van der Waals surface area contributed by atoms with Gasteiger partial charge in [-0.15, -0.1) is 0 Å². The van der Waals surface area contributed by atoms with Gasteiger partial charge in [0, 0.05) is 65.5 Å². The number of aromatic hydroxyl groups is 2. The Labute approximate surface area is 305 Å². The summed E-state index contributed by atoms with van der Waals surface area (Å²) in [6.45, 7) is 23.8. The third kappa shape index (κ3) is 10.2. The lowest BCUT2D eigenvalue weighted by molar-refractivity contribution is 0.102. The fourth-order valence-electron chi connectivity index (χ4n) is 6.52. The van der Waals surface area contributed by atoms with Crippen LogP contribution in [0.2, 0.25) is 0 Å². The van der Waals surface area contributed by atoms with E-state index in [0.29, 0.717) is 23.0 Å². The molecule has 0 saturated heterocycles. The minimum atomic E-state index is -0.402. The zero-order valence-electron chi connectivity index (χ0n) is 31.7. The molecule has 51 heavy (non-hydrogen) atoms. The number of fused-ring (bicyclic) bond motifs is 1. The highest BCUT2D eigenvalue weighted by Gasteiger charge is 2.18. The fourth-order valence-corrected chi connectivity index (χ4v) is 6.52. The number of allylic oxidation sites excluding steroid dienone is 1. The number of carbonyl (C=O) groups is 1. The van der Waals surface area contributed by atoms with E-state index in [1.807, 2.05) is 18.2 Å². The van der Waals surface area contributed by atoms with Crippen molar-refractivity contribution in [1.82, 2.24) is 9.47 Å². The molecule has 0 aliphatic rings. The van der Waals surface area contributed by atoms with Crippen LogP contribution in [0.5, 0.6) is 23.0 Å². The van der Waals surface area contributed by atoms with Gasteiger partial charge in [0.15, 0.2) is 0 Å². The molecular weight excluding hydrogens is 636 g/mol. The summed E-state index contributed by atoms with van der Waals surface area (Å²) in [5, 5.41) is 25.4. The Morgan fingerprint density at radius 1 is 0.961 bits per heavy atom.